The summed E-state index contributed by atoms with van der Waals surface area (Å²) in [5.41, 5.74) is 1.31. The van der Waals surface area contributed by atoms with Crippen molar-refractivity contribution in [1.82, 2.24) is 0 Å². The smallest absolute Gasteiger partial charge is 0.0556 e. The first kappa shape index (κ1) is 10.5. The van der Waals surface area contributed by atoms with Gasteiger partial charge in [0.1, 0.15) is 0 Å². The van der Waals surface area contributed by atoms with Gasteiger partial charge in [-0.2, -0.15) is 0 Å². The Kier molecular flexibility index (Phi) is 3.73. The Bertz CT molecular complexity index is 215. The van der Waals surface area contributed by atoms with Gasteiger partial charge in [0.2, 0.25) is 0 Å². The number of allylic oxidation sites excluding steroid dienone is 2. The minimum atomic E-state index is -0.102. The molecule has 0 saturated carbocycles. The Morgan fingerprint density at radius 2 is 2.31 bits per heavy atom. The quantitative estimate of drug-likeness (QED) is 0.662. The Morgan fingerprint density at radius 3 is 2.77 bits per heavy atom. The summed E-state index contributed by atoms with van der Waals surface area (Å²) >= 11 is 0. The molecule has 0 aromatic carbocycles. The standard InChI is InChI=1S/C12H20O/c1-3-9-12(2,10-13)11-7-5-4-6-8-11/h3,7,9,13H,4-6,8,10H2,1-2H3/b9-3+/t12-/m1/s1. The molecule has 74 valence electrons. The lowest BCUT2D eigenvalue weighted by Crippen LogP contribution is -2.22. The van der Waals surface area contributed by atoms with Crippen LogP contribution in [0.2, 0.25) is 0 Å². The monoisotopic (exact) mass is 180 g/mol. The predicted molar refractivity (Wildman–Crippen MR) is 56.6 cm³/mol. The molecule has 0 fully saturated rings. The third kappa shape index (κ3) is 2.44. The summed E-state index contributed by atoms with van der Waals surface area (Å²) < 4.78 is 0. The lowest BCUT2D eigenvalue weighted by molar-refractivity contribution is 0.206. The van der Waals surface area contributed by atoms with E-state index in [2.05, 4.69) is 19.1 Å². The van der Waals surface area contributed by atoms with Gasteiger partial charge in [-0.15, -0.1) is 0 Å². The largest absolute Gasteiger partial charge is 0.395 e. The van der Waals surface area contributed by atoms with Crippen LogP contribution in [0, 0.1) is 5.41 Å². The van der Waals surface area contributed by atoms with Crippen LogP contribution in [0.1, 0.15) is 39.5 Å². The number of aliphatic hydroxyl groups excluding tert-OH is 1. The Balaban J connectivity index is 2.80. The van der Waals surface area contributed by atoms with E-state index in [4.69, 9.17) is 0 Å². The van der Waals surface area contributed by atoms with Crippen LogP contribution in [0.15, 0.2) is 23.8 Å². The van der Waals surface area contributed by atoms with Crippen LogP contribution < -0.4 is 0 Å². The van der Waals surface area contributed by atoms with Crippen molar-refractivity contribution in [3.05, 3.63) is 23.8 Å². The number of hydrogen-bond acceptors (Lipinski definition) is 1. The van der Waals surface area contributed by atoms with Crippen LogP contribution in [0.25, 0.3) is 0 Å². The van der Waals surface area contributed by atoms with Gasteiger partial charge in [0.05, 0.1) is 6.61 Å². The second-order valence-electron chi connectivity index (χ2n) is 4.05. The van der Waals surface area contributed by atoms with Gasteiger partial charge in [0, 0.05) is 5.41 Å². The van der Waals surface area contributed by atoms with Crippen molar-refractivity contribution in [3.63, 3.8) is 0 Å². The molecule has 0 aromatic rings. The number of aliphatic hydroxyl groups is 1. The third-order valence-electron chi connectivity index (χ3n) is 2.89. The highest BCUT2D eigenvalue weighted by molar-refractivity contribution is 5.22. The van der Waals surface area contributed by atoms with Crippen molar-refractivity contribution in [2.45, 2.75) is 39.5 Å². The maximum Gasteiger partial charge on any atom is 0.0556 e. The van der Waals surface area contributed by atoms with E-state index in [-0.39, 0.29) is 12.0 Å². The van der Waals surface area contributed by atoms with Crippen LogP contribution in [0.3, 0.4) is 0 Å². The van der Waals surface area contributed by atoms with Crippen molar-refractivity contribution < 1.29 is 5.11 Å². The van der Waals surface area contributed by atoms with Crippen LogP contribution in [-0.2, 0) is 0 Å². The summed E-state index contributed by atoms with van der Waals surface area (Å²) in [7, 11) is 0. The lowest BCUT2D eigenvalue weighted by atomic mass is 9.77. The zero-order valence-corrected chi connectivity index (χ0v) is 8.71. The van der Waals surface area contributed by atoms with E-state index >= 15 is 0 Å². The number of hydrogen-bond donors (Lipinski definition) is 1. The molecule has 1 atom stereocenters. The van der Waals surface area contributed by atoms with E-state index in [9.17, 15) is 5.11 Å². The van der Waals surface area contributed by atoms with E-state index in [0.29, 0.717) is 0 Å². The molecular formula is C12H20O. The van der Waals surface area contributed by atoms with E-state index in [1.807, 2.05) is 13.0 Å². The molecule has 0 amide bonds. The highest BCUT2D eigenvalue weighted by Crippen LogP contribution is 2.34. The molecular weight excluding hydrogens is 160 g/mol. The molecule has 1 nitrogen and oxygen atoms in total. The first-order valence-corrected chi connectivity index (χ1v) is 5.17. The van der Waals surface area contributed by atoms with Crippen molar-refractivity contribution in [1.29, 1.82) is 0 Å². The predicted octanol–water partition coefficient (Wildman–Crippen LogP) is 3.06. The van der Waals surface area contributed by atoms with Gasteiger partial charge in [-0.1, -0.05) is 30.7 Å². The van der Waals surface area contributed by atoms with Gasteiger partial charge >= 0.3 is 0 Å². The minimum absolute atomic E-state index is 0.102. The fourth-order valence-corrected chi connectivity index (χ4v) is 1.99. The second-order valence-corrected chi connectivity index (χ2v) is 4.05. The summed E-state index contributed by atoms with van der Waals surface area (Å²) in [6, 6.07) is 0. The van der Waals surface area contributed by atoms with Crippen LogP contribution in [0.4, 0.5) is 0 Å². The number of rotatable bonds is 3. The SMILES string of the molecule is C/C=C/[C@](C)(CO)C1=CCCCC1. The molecule has 0 heterocycles. The van der Waals surface area contributed by atoms with Gasteiger partial charge in [0.25, 0.3) is 0 Å². The Hall–Kier alpha value is -0.560. The topological polar surface area (TPSA) is 20.2 Å². The maximum atomic E-state index is 9.38. The Labute approximate surface area is 81.2 Å². The summed E-state index contributed by atoms with van der Waals surface area (Å²) in [6.45, 7) is 4.35. The second kappa shape index (κ2) is 4.61. The first-order valence-electron chi connectivity index (χ1n) is 5.17. The highest BCUT2D eigenvalue weighted by atomic mass is 16.3. The molecule has 13 heavy (non-hydrogen) atoms. The molecule has 0 radical (unpaired) electrons. The fourth-order valence-electron chi connectivity index (χ4n) is 1.99. The van der Waals surface area contributed by atoms with Gasteiger partial charge in [-0.25, -0.2) is 0 Å². The molecule has 1 rings (SSSR count). The molecule has 0 saturated heterocycles. The van der Waals surface area contributed by atoms with Crippen LogP contribution in [0.5, 0.6) is 0 Å². The van der Waals surface area contributed by atoms with Gasteiger partial charge in [-0.05, 0) is 32.6 Å². The zero-order chi connectivity index (χ0) is 9.73. The average Bonchev–Trinajstić information content (AvgIpc) is 2.19. The molecule has 0 spiro atoms. The summed E-state index contributed by atoms with van der Waals surface area (Å²) in [5, 5.41) is 9.38. The third-order valence-corrected chi connectivity index (χ3v) is 2.89. The van der Waals surface area contributed by atoms with Crippen LogP contribution in [-0.4, -0.2) is 11.7 Å². The van der Waals surface area contributed by atoms with Crippen LogP contribution >= 0.6 is 0 Å². The summed E-state index contributed by atoms with van der Waals surface area (Å²) in [4.78, 5) is 0. The molecule has 0 aromatic heterocycles. The van der Waals surface area contributed by atoms with Gasteiger partial charge in [0.15, 0.2) is 0 Å². The van der Waals surface area contributed by atoms with Crippen molar-refractivity contribution in [2.75, 3.05) is 6.61 Å². The fraction of sp³-hybridized carbons (Fsp3) is 0.667. The molecule has 1 N–H and O–H groups in total. The van der Waals surface area contributed by atoms with E-state index < -0.39 is 0 Å². The van der Waals surface area contributed by atoms with E-state index in [0.717, 1.165) is 6.42 Å². The zero-order valence-electron chi connectivity index (χ0n) is 8.71. The molecule has 0 bridgehead atoms. The van der Waals surface area contributed by atoms with Crippen molar-refractivity contribution >= 4 is 0 Å². The molecule has 1 heteroatoms. The van der Waals surface area contributed by atoms with E-state index in [1.54, 1.807) is 0 Å². The van der Waals surface area contributed by atoms with Gasteiger partial charge < -0.3 is 5.11 Å². The van der Waals surface area contributed by atoms with Crippen molar-refractivity contribution in [2.24, 2.45) is 5.41 Å². The Morgan fingerprint density at radius 1 is 1.54 bits per heavy atom. The average molecular weight is 180 g/mol. The summed E-state index contributed by atoms with van der Waals surface area (Å²) in [6.07, 6.45) is 11.4. The highest BCUT2D eigenvalue weighted by Gasteiger charge is 2.25. The van der Waals surface area contributed by atoms with Gasteiger partial charge in [-0.3, -0.25) is 0 Å². The normalized spacial score (nSPS) is 22.8. The maximum absolute atomic E-state index is 9.38. The molecule has 0 unspecified atom stereocenters. The summed E-state index contributed by atoms with van der Waals surface area (Å²) in [5.74, 6) is 0. The lowest BCUT2D eigenvalue weighted by Gasteiger charge is -2.29. The molecule has 1 aliphatic rings. The molecule has 1 aliphatic carbocycles. The first-order chi connectivity index (χ1) is 6.23. The van der Waals surface area contributed by atoms with E-state index in [1.165, 1.54) is 24.8 Å². The minimum Gasteiger partial charge on any atom is -0.395 e. The van der Waals surface area contributed by atoms with Crippen molar-refractivity contribution in [3.8, 4) is 0 Å². The molecule has 0 aliphatic heterocycles.